The van der Waals surface area contributed by atoms with Gasteiger partial charge in [-0.25, -0.2) is 15.0 Å². The molecule has 3 heterocycles. The summed E-state index contributed by atoms with van der Waals surface area (Å²) < 4.78 is 10.3. The molecular weight excluding hydrogens is 358 g/mol. The lowest BCUT2D eigenvalue weighted by Crippen LogP contribution is -2.02. The number of H-pyrrole nitrogens is 1. The van der Waals surface area contributed by atoms with Gasteiger partial charge in [-0.05, 0) is 12.1 Å². The number of hydrogen-bond donors (Lipinski definition) is 1. The molecule has 0 atom stereocenters. The van der Waals surface area contributed by atoms with E-state index in [1.807, 2.05) is 0 Å². The fraction of sp³-hybridized carbons (Fsp3) is 0.118. The number of hydrogen-bond acceptors (Lipinski definition) is 6. The van der Waals surface area contributed by atoms with Gasteiger partial charge < -0.3 is 14.5 Å². The average molecular weight is 370 g/mol. The summed E-state index contributed by atoms with van der Waals surface area (Å²) in [5.41, 5.74) is 2.51. The molecule has 0 radical (unpaired) electrons. The van der Waals surface area contributed by atoms with Crippen molar-refractivity contribution in [1.29, 1.82) is 0 Å². The van der Waals surface area contributed by atoms with Crippen LogP contribution < -0.4 is 9.47 Å². The van der Waals surface area contributed by atoms with Crippen molar-refractivity contribution in [1.82, 2.24) is 19.9 Å². The van der Waals surface area contributed by atoms with Crippen molar-refractivity contribution in [2.75, 3.05) is 14.2 Å². The van der Waals surface area contributed by atoms with Gasteiger partial charge in [0.15, 0.2) is 0 Å². The molecule has 26 heavy (non-hydrogen) atoms. The number of nitrogens with zero attached hydrogens (tertiary/aromatic N) is 4. The minimum Gasteiger partial charge on any atom is -0.480 e. The van der Waals surface area contributed by atoms with Crippen LogP contribution in [0.2, 0.25) is 5.02 Å². The second kappa shape index (κ2) is 6.23. The van der Waals surface area contributed by atoms with Gasteiger partial charge in [-0.3, -0.25) is 4.79 Å². The molecule has 1 amide bonds. The maximum Gasteiger partial charge on any atom is 0.319 e. The predicted octanol–water partition coefficient (Wildman–Crippen LogP) is 2.53. The van der Waals surface area contributed by atoms with Crippen LogP contribution in [-0.2, 0) is 0 Å². The first-order valence-electron chi connectivity index (χ1n) is 7.55. The number of fused-ring (bicyclic) bond motifs is 1. The van der Waals surface area contributed by atoms with E-state index in [1.54, 1.807) is 24.3 Å². The molecule has 0 unspecified atom stereocenters. The Morgan fingerprint density at radius 2 is 1.85 bits per heavy atom. The quantitative estimate of drug-likeness (QED) is 0.758. The highest BCUT2D eigenvalue weighted by Gasteiger charge is 2.30. The number of halogens is 1. The number of nitrogens with one attached hydrogen (secondary N) is 1. The van der Waals surface area contributed by atoms with Gasteiger partial charge in [-0.1, -0.05) is 23.7 Å². The number of aromatic amines is 1. The number of benzene rings is 1. The van der Waals surface area contributed by atoms with Crippen molar-refractivity contribution in [3.63, 3.8) is 0 Å². The van der Waals surface area contributed by atoms with Gasteiger partial charge >= 0.3 is 6.01 Å². The van der Waals surface area contributed by atoms with Crippen LogP contribution in [0.15, 0.2) is 35.5 Å². The molecule has 0 saturated heterocycles. The lowest BCUT2D eigenvalue weighted by Gasteiger charge is -2.06. The highest BCUT2D eigenvalue weighted by molar-refractivity contribution is 6.31. The summed E-state index contributed by atoms with van der Waals surface area (Å²) in [4.78, 5) is 32.0. The minimum atomic E-state index is -0.392. The van der Waals surface area contributed by atoms with E-state index < -0.39 is 5.91 Å². The van der Waals surface area contributed by atoms with Gasteiger partial charge in [-0.2, -0.15) is 4.98 Å². The van der Waals surface area contributed by atoms with Crippen molar-refractivity contribution < 1.29 is 14.3 Å². The minimum absolute atomic E-state index is 0.171. The summed E-state index contributed by atoms with van der Waals surface area (Å²) in [7, 11) is 2.94. The van der Waals surface area contributed by atoms with E-state index in [0.717, 1.165) is 5.56 Å². The van der Waals surface area contributed by atoms with Crippen molar-refractivity contribution >= 4 is 23.2 Å². The van der Waals surface area contributed by atoms with Gasteiger partial charge in [0.1, 0.15) is 22.9 Å². The Balaban J connectivity index is 1.79. The Bertz CT molecular complexity index is 1040. The van der Waals surface area contributed by atoms with Crippen LogP contribution in [0.3, 0.4) is 0 Å². The van der Waals surface area contributed by atoms with E-state index in [0.29, 0.717) is 33.5 Å². The van der Waals surface area contributed by atoms with Crippen LogP contribution in [0.1, 0.15) is 21.7 Å². The molecular formula is C17H12ClN5O3. The Hall–Kier alpha value is -3.26. The monoisotopic (exact) mass is 369 g/mol. The first-order valence-corrected chi connectivity index (χ1v) is 7.93. The van der Waals surface area contributed by atoms with Crippen LogP contribution in [0.25, 0.3) is 11.4 Å². The number of imidazole rings is 1. The molecule has 4 rings (SSSR count). The van der Waals surface area contributed by atoms with Gasteiger partial charge in [0.25, 0.3) is 5.91 Å². The molecule has 0 saturated carbocycles. The van der Waals surface area contributed by atoms with Crippen LogP contribution in [0.5, 0.6) is 11.9 Å². The van der Waals surface area contributed by atoms with E-state index in [1.165, 1.54) is 20.4 Å². The van der Waals surface area contributed by atoms with Crippen LogP contribution in [0.4, 0.5) is 0 Å². The molecule has 2 aromatic heterocycles. The van der Waals surface area contributed by atoms with Crippen LogP contribution in [0, 0.1) is 0 Å². The lowest BCUT2D eigenvalue weighted by molar-refractivity contribution is 0.100. The number of aromatic nitrogens is 4. The summed E-state index contributed by atoms with van der Waals surface area (Å²) in [6.07, 6.45) is 1.52. The average Bonchev–Trinajstić information content (AvgIpc) is 3.22. The fourth-order valence-electron chi connectivity index (χ4n) is 2.61. The largest absolute Gasteiger partial charge is 0.480 e. The Morgan fingerprint density at radius 1 is 1.08 bits per heavy atom. The maximum absolute atomic E-state index is 12.2. The topological polar surface area (TPSA) is 102 Å². The molecule has 0 bridgehead atoms. The molecule has 1 aliphatic rings. The molecule has 0 aliphatic carbocycles. The number of carbonyl (C=O) groups is 1. The van der Waals surface area contributed by atoms with Gasteiger partial charge in [0, 0.05) is 16.8 Å². The standard InChI is InChI=1S/C17H12ClN5O3/c1-25-16-10(7-19-17(23-16)26-2)14-20-12-11(22-15(24)13(12)21-14)8-3-5-9(18)6-4-8/h3-7H,1-2H3,(H,20,21). The van der Waals surface area contributed by atoms with Crippen LogP contribution in [-0.4, -0.2) is 45.8 Å². The Labute approximate surface area is 152 Å². The van der Waals surface area contributed by atoms with E-state index in [-0.39, 0.29) is 11.9 Å². The zero-order chi connectivity index (χ0) is 18.3. The Morgan fingerprint density at radius 3 is 2.54 bits per heavy atom. The maximum atomic E-state index is 12.2. The number of rotatable bonds is 4. The van der Waals surface area contributed by atoms with Gasteiger partial charge in [0.05, 0.1) is 19.8 Å². The van der Waals surface area contributed by atoms with E-state index in [4.69, 9.17) is 21.1 Å². The first kappa shape index (κ1) is 16.2. The zero-order valence-electron chi connectivity index (χ0n) is 13.8. The molecule has 1 aromatic carbocycles. The third-order valence-corrected chi connectivity index (χ3v) is 4.09. The second-order valence-electron chi connectivity index (χ2n) is 5.36. The highest BCUT2D eigenvalue weighted by atomic mass is 35.5. The molecule has 1 N–H and O–H groups in total. The second-order valence-corrected chi connectivity index (χ2v) is 5.80. The Kier molecular flexibility index (Phi) is 3.89. The SMILES string of the molecule is COc1ncc(-c2nc3c([nH]2)C(=O)N=C3c2ccc(Cl)cc2)c(OC)n1. The van der Waals surface area contributed by atoms with Crippen molar-refractivity contribution in [2.24, 2.45) is 4.99 Å². The van der Waals surface area contributed by atoms with Crippen molar-refractivity contribution in [3.05, 3.63) is 52.4 Å². The number of amides is 1. The zero-order valence-corrected chi connectivity index (χ0v) is 14.5. The number of methoxy groups -OCH3 is 2. The normalized spacial score (nSPS) is 12.7. The van der Waals surface area contributed by atoms with Crippen LogP contribution >= 0.6 is 11.6 Å². The number of ether oxygens (including phenoxy) is 2. The summed E-state index contributed by atoms with van der Waals surface area (Å²) >= 11 is 5.92. The predicted molar refractivity (Wildman–Crippen MR) is 94.1 cm³/mol. The number of aliphatic imine (C=N–C) groups is 1. The van der Waals surface area contributed by atoms with Crippen molar-refractivity contribution in [3.8, 4) is 23.3 Å². The third kappa shape index (κ3) is 2.60. The van der Waals surface area contributed by atoms with Gasteiger partial charge in [-0.15, -0.1) is 0 Å². The molecule has 9 heteroatoms. The smallest absolute Gasteiger partial charge is 0.319 e. The highest BCUT2D eigenvalue weighted by Crippen LogP contribution is 2.30. The summed E-state index contributed by atoms with van der Waals surface area (Å²) in [5, 5.41) is 0.599. The molecule has 0 spiro atoms. The first-order chi connectivity index (χ1) is 12.6. The van der Waals surface area contributed by atoms with E-state index in [2.05, 4.69) is 24.9 Å². The molecule has 1 aliphatic heterocycles. The fourth-order valence-corrected chi connectivity index (χ4v) is 2.74. The van der Waals surface area contributed by atoms with Gasteiger partial charge in [0.2, 0.25) is 5.88 Å². The van der Waals surface area contributed by atoms with E-state index in [9.17, 15) is 4.79 Å². The summed E-state index contributed by atoms with van der Waals surface area (Å²) in [5.74, 6) is 0.294. The molecule has 0 fully saturated rings. The van der Waals surface area contributed by atoms with E-state index >= 15 is 0 Å². The number of carbonyl (C=O) groups excluding carboxylic acids is 1. The molecule has 8 nitrogen and oxygen atoms in total. The van der Waals surface area contributed by atoms with Crippen molar-refractivity contribution in [2.45, 2.75) is 0 Å². The molecule has 3 aromatic rings. The third-order valence-electron chi connectivity index (χ3n) is 3.84. The summed E-state index contributed by atoms with van der Waals surface area (Å²) in [6.45, 7) is 0. The summed E-state index contributed by atoms with van der Waals surface area (Å²) in [6, 6.07) is 7.21. The molecule has 130 valence electrons. The lowest BCUT2D eigenvalue weighted by atomic mass is 10.1.